The molecular formula is C21H20N4O4. The summed E-state index contributed by atoms with van der Waals surface area (Å²) in [4.78, 5) is 24.2. The Morgan fingerprint density at radius 3 is 2.72 bits per heavy atom. The number of nitrogens with one attached hydrogen (secondary N) is 1. The van der Waals surface area contributed by atoms with Crippen LogP contribution in [0.4, 0.5) is 0 Å². The first-order chi connectivity index (χ1) is 14.1. The molecule has 2 aromatic heterocycles. The molecule has 1 N–H and O–H groups in total. The average molecular weight is 392 g/mol. The molecule has 0 spiro atoms. The third-order valence-electron chi connectivity index (χ3n) is 4.58. The molecule has 0 atom stereocenters. The lowest BCUT2D eigenvalue weighted by molar-refractivity contribution is -0.121. The summed E-state index contributed by atoms with van der Waals surface area (Å²) in [6.45, 7) is 0.561. The third-order valence-corrected chi connectivity index (χ3v) is 4.58. The lowest BCUT2D eigenvalue weighted by Gasteiger charge is -2.05. The van der Waals surface area contributed by atoms with Crippen molar-refractivity contribution in [2.75, 3.05) is 7.11 Å². The van der Waals surface area contributed by atoms with Crippen LogP contribution in [0.15, 0.2) is 70.0 Å². The van der Waals surface area contributed by atoms with E-state index in [1.165, 1.54) is 4.57 Å². The standard InChI is InChI=1S/C21H20N4O4/c1-28-17-8-6-16(7-9-17)25-13-10-15(23-25)14-22-20(26)11-12-24-18-4-2-3-5-19(18)29-21(24)27/h2-10,13H,11-12,14H2,1H3,(H,22,26). The van der Waals surface area contributed by atoms with Crippen molar-refractivity contribution < 1.29 is 13.9 Å². The molecule has 29 heavy (non-hydrogen) atoms. The van der Waals surface area contributed by atoms with Gasteiger partial charge in [0, 0.05) is 19.2 Å². The van der Waals surface area contributed by atoms with Crippen molar-refractivity contribution in [1.29, 1.82) is 0 Å². The van der Waals surface area contributed by atoms with E-state index in [0.717, 1.165) is 17.1 Å². The third kappa shape index (κ3) is 4.06. The Labute approximate surface area is 166 Å². The molecule has 0 fully saturated rings. The molecule has 0 radical (unpaired) electrons. The van der Waals surface area contributed by atoms with E-state index in [9.17, 15) is 9.59 Å². The predicted octanol–water partition coefficient (Wildman–Crippen LogP) is 2.50. The monoisotopic (exact) mass is 392 g/mol. The molecule has 0 bridgehead atoms. The number of fused-ring (bicyclic) bond motifs is 1. The highest BCUT2D eigenvalue weighted by molar-refractivity contribution is 5.76. The zero-order valence-electron chi connectivity index (χ0n) is 15.9. The van der Waals surface area contributed by atoms with Gasteiger partial charge in [0.2, 0.25) is 5.91 Å². The van der Waals surface area contributed by atoms with Gasteiger partial charge in [0.15, 0.2) is 5.58 Å². The number of hydrogen-bond donors (Lipinski definition) is 1. The first-order valence-corrected chi connectivity index (χ1v) is 9.18. The lowest BCUT2D eigenvalue weighted by atomic mass is 10.3. The van der Waals surface area contributed by atoms with E-state index < -0.39 is 5.76 Å². The van der Waals surface area contributed by atoms with Crippen LogP contribution in [0.3, 0.4) is 0 Å². The van der Waals surface area contributed by atoms with Crippen molar-refractivity contribution in [3.05, 3.63) is 77.0 Å². The van der Waals surface area contributed by atoms with Gasteiger partial charge in [-0.2, -0.15) is 5.10 Å². The molecule has 4 aromatic rings. The summed E-state index contributed by atoms with van der Waals surface area (Å²) >= 11 is 0. The van der Waals surface area contributed by atoms with E-state index in [4.69, 9.17) is 9.15 Å². The fourth-order valence-corrected chi connectivity index (χ4v) is 3.05. The van der Waals surface area contributed by atoms with Gasteiger partial charge in [-0.3, -0.25) is 9.36 Å². The van der Waals surface area contributed by atoms with Gasteiger partial charge in [0.25, 0.3) is 0 Å². The lowest BCUT2D eigenvalue weighted by Crippen LogP contribution is -2.26. The molecular weight excluding hydrogens is 372 g/mol. The van der Waals surface area contributed by atoms with Crippen LogP contribution in [-0.2, 0) is 17.9 Å². The number of hydrogen-bond acceptors (Lipinski definition) is 5. The van der Waals surface area contributed by atoms with Crippen LogP contribution < -0.4 is 15.8 Å². The summed E-state index contributed by atoms with van der Waals surface area (Å²) in [5.41, 5.74) is 2.83. The molecule has 0 aliphatic rings. The molecule has 4 rings (SSSR count). The first-order valence-electron chi connectivity index (χ1n) is 9.18. The molecule has 1 amide bonds. The maximum Gasteiger partial charge on any atom is 0.419 e. The smallest absolute Gasteiger partial charge is 0.419 e. The normalized spacial score (nSPS) is 10.9. The van der Waals surface area contributed by atoms with Crippen LogP contribution in [0.1, 0.15) is 12.1 Å². The maximum atomic E-state index is 12.2. The van der Waals surface area contributed by atoms with E-state index >= 15 is 0 Å². The number of amides is 1. The van der Waals surface area contributed by atoms with E-state index in [2.05, 4.69) is 10.4 Å². The molecule has 0 saturated carbocycles. The Bertz CT molecular complexity index is 1190. The van der Waals surface area contributed by atoms with Crippen LogP contribution in [0, 0.1) is 0 Å². The van der Waals surface area contributed by atoms with Crippen molar-refractivity contribution in [1.82, 2.24) is 19.7 Å². The maximum absolute atomic E-state index is 12.2. The molecule has 2 heterocycles. The number of oxazole rings is 1. The number of aromatic nitrogens is 3. The van der Waals surface area contributed by atoms with Crippen molar-refractivity contribution >= 4 is 17.0 Å². The topological polar surface area (TPSA) is 91.3 Å². The zero-order valence-corrected chi connectivity index (χ0v) is 15.9. The number of rotatable bonds is 7. The summed E-state index contributed by atoms with van der Waals surface area (Å²) in [5.74, 6) is 0.149. The molecule has 148 valence electrons. The van der Waals surface area contributed by atoms with Gasteiger partial charge in [-0.1, -0.05) is 12.1 Å². The number of carbonyl (C=O) groups excluding carboxylic acids is 1. The van der Waals surface area contributed by atoms with E-state index in [-0.39, 0.29) is 18.9 Å². The van der Waals surface area contributed by atoms with Crippen molar-refractivity contribution in [3.8, 4) is 11.4 Å². The molecule has 8 heteroatoms. The van der Waals surface area contributed by atoms with Crippen LogP contribution in [0.25, 0.3) is 16.8 Å². The van der Waals surface area contributed by atoms with Crippen LogP contribution in [0.5, 0.6) is 5.75 Å². The number of nitrogens with zero attached hydrogens (tertiary/aromatic N) is 3. The van der Waals surface area contributed by atoms with Crippen molar-refractivity contribution in [2.24, 2.45) is 0 Å². The average Bonchev–Trinajstić information content (AvgIpc) is 3.34. The summed E-state index contributed by atoms with van der Waals surface area (Å²) in [6.07, 6.45) is 2.00. The number of benzene rings is 2. The van der Waals surface area contributed by atoms with Gasteiger partial charge in [0.1, 0.15) is 5.75 Å². The van der Waals surface area contributed by atoms with Crippen molar-refractivity contribution in [3.63, 3.8) is 0 Å². The van der Waals surface area contributed by atoms with Crippen molar-refractivity contribution in [2.45, 2.75) is 19.5 Å². The fourth-order valence-electron chi connectivity index (χ4n) is 3.05. The summed E-state index contributed by atoms with van der Waals surface area (Å²) in [5, 5.41) is 7.30. The number of aryl methyl sites for hydroxylation is 1. The van der Waals surface area contributed by atoms with E-state index in [1.54, 1.807) is 30.0 Å². The Hall–Kier alpha value is -3.81. The molecule has 0 saturated heterocycles. The number of para-hydroxylation sites is 2. The van der Waals surface area contributed by atoms with Crippen LogP contribution >= 0.6 is 0 Å². The largest absolute Gasteiger partial charge is 0.497 e. The second-order valence-electron chi connectivity index (χ2n) is 6.46. The first kappa shape index (κ1) is 18.5. The van der Waals surface area contributed by atoms with Gasteiger partial charge in [-0.15, -0.1) is 0 Å². The van der Waals surface area contributed by atoms with Gasteiger partial charge < -0.3 is 14.5 Å². The predicted molar refractivity (Wildman–Crippen MR) is 107 cm³/mol. The Balaban J connectivity index is 1.33. The molecule has 0 aliphatic carbocycles. The quantitative estimate of drug-likeness (QED) is 0.522. The fraction of sp³-hybridized carbons (Fsp3) is 0.190. The molecule has 8 nitrogen and oxygen atoms in total. The molecule has 0 aliphatic heterocycles. The van der Waals surface area contributed by atoms with E-state index in [1.807, 2.05) is 42.6 Å². The van der Waals surface area contributed by atoms with E-state index in [0.29, 0.717) is 17.6 Å². The Morgan fingerprint density at radius 1 is 1.14 bits per heavy atom. The van der Waals surface area contributed by atoms with Gasteiger partial charge in [-0.25, -0.2) is 9.48 Å². The minimum atomic E-state index is -0.461. The summed E-state index contributed by atoms with van der Waals surface area (Å²) in [6, 6.07) is 16.5. The van der Waals surface area contributed by atoms with Crippen LogP contribution in [-0.4, -0.2) is 27.4 Å². The van der Waals surface area contributed by atoms with Crippen LogP contribution in [0.2, 0.25) is 0 Å². The highest BCUT2D eigenvalue weighted by Gasteiger charge is 2.11. The highest BCUT2D eigenvalue weighted by Crippen LogP contribution is 2.15. The summed E-state index contributed by atoms with van der Waals surface area (Å²) in [7, 11) is 1.62. The zero-order chi connectivity index (χ0) is 20.2. The van der Waals surface area contributed by atoms with Gasteiger partial charge >= 0.3 is 5.76 Å². The second-order valence-corrected chi connectivity index (χ2v) is 6.46. The number of methoxy groups -OCH3 is 1. The van der Waals surface area contributed by atoms with Gasteiger partial charge in [0.05, 0.1) is 30.6 Å². The Morgan fingerprint density at radius 2 is 1.93 bits per heavy atom. The Kier molecular flexibility index (Phi) is 5.15. The SMILES string of the molecule is COc1ccc(-n2ccc(CNC(=O)CCn3c(=O)oc4ccccc43)n2)cc1. The second kappa shape index (κ2) is 8.05. The minimum absolute atomic E-state index is 0.166. The molecule has 0 unspecified atom stereocenters. The molecule has 2 aromatic carbocycles. The number of ether oxygens (including phenoxy) is 1. The minimum Gasteiger partial charge on any atom is -0.497 e. The van der Waals surface area contributed by atoms with Gasteiger partial charge in [-0.05, 0) is 42.5 Å². The summed E-state index contributed by atoms with van der Waals surface area (Å²) < 4.78 is 13.5. The number of carbonyl (C=O) groups is 1. The highest BCUT2D eigenvalue weighted by atomic mass is 16.5.